The molecule has 3 heteroatoms. The van der Waals surface area contributed by atoms with Crippen LogP contribution in [0.3, 0.4) is 0 Å². The molecule has 2 nitrogen and oxygen atoms in total. The Morgan fingerprint density at radius 1 is 1.64 bits per heavy atom. The summed E-state index contributed by atoms with van der Waals surface area (Å²) in [4.78, 5) is 0. The molecule has 1 aromatic rings. The van der Waals surface area contributed by atoms with Crippen molar-refractivity contribution in [1.82, 2.24) is 0 Å². The van der Waals surface area contributed by atoms with Gasteiger partial charge >= 0.3 is 0 Å². The van der Waals surface area contributed by atoms with Crippen LogP contribution in [0.2, 0.25) is 0 Å². The topological polar surface area (TPSA) is 33.4 Å². The van der Waals surface area contributed by atoms with Crippen molar-refractivity contribution in [2.75, 3.05) is 6.26 Å². The first-order chi connectivity index (χ1) is 5.22. The summed E-state index contributed by atoms with van der Waals surface area (Å²) in [6, 6.07) is 3.82. The van der Waals surface area contributed by atoms with Gasteiger partial charge in [-0.2, -0.15) is 0 Å². The molecule has 0 aliphatic carbocycles. The second-order valence-electron chi connectivity index (χ2n) is 2.48. The van der Waals surface area contributed by atoms with Crippen molar-refractivity contribution in [2.24, 2.45) is 0 Å². The first kappa shape index (κ1) is 8.68. The van der Waals surface area contributed by atoms with Crippen LogP contribution in [-0.2, 0) is 6.42 Å². The zero-order chi connectivity index (χ0) is 8.27. The molecule has 0 bridgehead atoms. The molecule has 0 radical (unpaired) electrons. The van der Waals surface area contributed by atoms with E-state index in [0.717, 1.165) is 10.9 Å². The Morgan fingerprint density at radius 2 is 2.36 bits per heavy atom. The molecule has 0 spiro atoms. The molecule has 0 aromatic carbocycles. The zero-order valence-corrected chi connectivity index (χ0v) is 7.52. The zero-order valence-electron chi connectivity index (χ0n) is 6.70. The standard InChI is InChI=1S/C8H12O2S/c1-6(9)5-7-3-4-8(10-7)11-2/h3-4,6,9H,5H2,1-2H3. The smallest absolute Gasteiger partial charge is 0.160 e. The minimum Gasteiger partial charge on any atom is -0.455 e. The lowest BCUT2D eigenvalue weighted by atomic mass is 10.2. The van der Waals surface area contributed by atoms with Crippen molar-refractivity contribution >= 4 is 11.8 Å². The highest BCUT2D eigenvalue weighted by Gasteiger charge is 2.03. The molecular weight excluding hydrogens is 160 g/mol. The number of hydrogen-bond donors (Lipinski definition) is 1. The Hall–Kier alpha value is -0.410. The Kier molecular flexibility index (Phi) is 3.02. The minimum atomic E-state index is -0.323. The molecule has 0 fully saturated rings. The average Bonchev–Trinajstić information content (AvgIpc) is 2.34. The summed E-state index contributed by atoms with van der Waals surface area (Å²) in [6.45, 7) is 1.75. The molecule has 11 heavy (non-hydrogen) atoms. The van der Waals surface area contributed by atoms with Crippen LogP contribution >= 0.6 is 11.8 Å². The van der Waals surface area contributed by atoms with E-state index >= 15 is 0 Å². The fourth-order valence-electron chi connectivity index (χ4n) is 0.869. The summed E-state index contributed by atoms with van der Waals surface area (Å²) in [7, 11) is 0. The average molecular weight is 172 g/mol. The van der Waals surface area contributed by atoms with E-state index in [2.05, 4.69) is 0 Å². The molecule has 1 unspecified atom stereocenters. The predicted octanol–water partition coefficient (Wildman–Crippen LogP) is 1.92. The van der Waals surface area contributed by atoms with E-state index in [1.807, 2.05) is 18.4 Å². The first-order valence-corrected chi connectivity index (χ1v) is 4.75. The van der Waals surface area contributed by atoms with Gasteiger partial charge in [0.05, 0.1) is 6.10 Å². The summed E-state index contributed by atoms with van der Waals surface area (Å²) in [6.07, 6.45) is 2.24. The van der Waals surface area contributed by atoms with E-state index in [0.29, 0.717) is 6.42 Å². The van der Waals surface area contributed by atoms with Crippen molar-refractivity contribution in [3.8, 4) is 0 Å². The van der Waals surface area contributed by atoms with Gasteiger partial charge in [0.1, 0.15) is 5.76 Å². The lowest BCUT2D eigenvalue weighted by molar-refractivity contribution is 0.185. The monoisotopic (exact) mass is 172 g/mol. The molecule has 0 aliphatic rings. The van der Waals surface area contributed by atoms with Crippen LogP contribution in [0.5, 0.6) is 0 Å². The molecule has 1 aromatic heterocycles. The van der Waals surface area contributed by atoms with Gasteiger partial charge < -0.3 is 9.52 Å². The normalized spacial score (nSPS) is 13.4. The fraction of sp³-hybridized carbons (Fsp3) is 0.500. The van der Waals surface area contributed by atoms with Gasteiger partial charge in [0.15, 0.2) is 5.09 Å². The molecule has 62 valence electrons. The Morgan fingerprint density at radius 3 is 2.82 bits per heavy atom. The Balaban J connectivity index is 2.58. The number of furan rings is 1. The highest BCUT2D eigenvalue weighted by Crippen LogP contribution is 2.18. The highest BCUT2D eigenvalue weighted by atomic mass is 32.2. The lowest BCUT2D eigenvalue weighted by Crippen LogP contribution is -2.02. The number of hydrogen-bond acceptors (Lipinski definition) is 3. The molecule has 0 saturated carbocycles. The van der Waals surface area contributed by atoms with Crippen molar-refractivity contribution < 1.29 is 9.52 Å². The van der Waals surface area contributed by atoms with Crippen LogP contribution in [0.4, 0.5) is 0 Å². The third-order valence-electron chi connectivity index (χ3n) is 1.33. The second kappa shape index (κ2) is 3.83. The molecule has 0 amide bonds. The quantitative estimate of drug-likeness (QED) is 0.707. The number of rotatable bonds is 3. The largest absolute Gasteiger partial charge is 0.455 e. The maximum absolute atomic E-state index is 9.02. The van der Waals surface area contributed by atoms with Crippen LogP contribution in [0.15, 0.2) is 21.6 Å². The fourth-order valence-corrected chi connectivity index (χ4v) is 1.26. The van der Waals surface area contributed by atoms with Crippen molar-refractivity contribution in [3.05, 3.63) is 17.9 Å². The molecule has 1 atom stereocenters. The first-order valence-electron chi connectivity index (χ1n) is 3.53. The molecule has 0 aliphatic heterocycles. The molecule has 1 rings (SSSR count). The molecule has 1 heterocycles. The minimum absolute atomic E-state index is 0.323. The summed E-state index contributed by atoms with van der Waals surface area (Å²) in [5.41, 5.74) is 0. The van der Waals surface area contributed by atoms with Crippen molar-refractivity contribution in [1.29, 1.82) is 0 Å². The van der Waals surface area contributed by atoms with E-state index in [1.54, 1.807) is 18.7 Å². The van der Waals surface area contributed by atoms with Crippen molar-refractivity contribution in [3.63, 3.8) is 0 Å². The summed E-state index contributed by atoms with van der Waals surface area (Å²) in [5.74, 6) is 0.851. The molecule has 0 saturated heterocycles. The lowest BCUT2D eigenvalue weighted by Gasteiger charge is -1.98. The van der Waals surface area contributed by atoms with Crippen LogP contribution in [-0.4, -0.2) is 17.5 Å². The van der Waals surface area contributed by atoms with Crippen LogP contribution in [0.25, 0.3) is 0 Å². The van der Waals surface area contributed by atoms with Gasteiger partial charge in [0.25, 0.3) is 0 Å². The van der Waals surface area contributed by atoms with E-state index < -0.39 is 0 Å². The number of aliphatic hydroxyl groups excluding tert-OH is 1. The third-order valence-corrected chi connectivity index (χ3v) is 1.96. The summed E-state index contributed by atoms with van der Waals surface area (Å²) >= 11 is 1.57. The van der Waals surface area contributed by atoms with Crippen LogP contribution < -0.4 is 0 Å². The van der Waals surface area contributed by atoms with Gasteiger partial charge in [-0.15, -0.1) is 0 Å². The van der Waals surface area contributed by atoms with Gasteiger partial charge in [-0.3, -0.25) is 0 Å². The number of aliphatic hydroxyl groups is 1. The van der Waals surface area contributed by atoms with Crippen molar-refractivity contribution in [2.45, 2.75) is 24.5 Å². The van der Waals surface area contributed by atoms with Gasteiger partial charge in [0, 0.05) is 6.42 Å². The van der Waals surface area contributed by atoms with E-state index in [9.17, 15) is 0 Å². The Bertz CT molecular complexity index is 218. The third kappa shape index (κ3) is 2.60. The maximum atomic E-state index is 9.02. The maximum Gasteiger partial charge on any atom is 0.160 e. The predicted molar refractivity (Wildman–Crippen MR) is 45.9 cm³/mol. The van der Waals surface area contributed by atoms with E-state index in [4.69, 9.17) is 9.52 Å². The van der Waals surface area contributed by atoms with E-state index in [-0.39, 0.29) is 6.10 Å². The summed E-state index contributed by atoms with van der Waals surface area (Å²) < 4.78 is 5.35. The second-order valence-corrected chi connectivity index (χ2v) is 3.29. The highest BCUT2D eigenvalue weighted by molar-refractivity contribution is 7.98. The summed E-state index contributed by atoms with van der Waals surface area (Å²) in [5, 5.41) is 9.92. The van der Waals surface area contributed by atoms with Crippen LogP contribution in [0, 0.1) is 0 Å². The van der Waals surface area contributed by atoms with Gasteiger partial charge in [0.2, 0.25) is 0 Å². The van der Waals surface area contributed by atoms with Crippen LogP contribution in [0.1, 0.15) is 12.7 Å². The van der Waals surface area contributed by atoms with E-state index in [1.165, 1.54) is 0 Å². The van der Waals surface area contributed by atoms with Gasteiger partial charge in [-0.1, -0.05) is 11.8 Å². The van der Waals surface area contributed by atoms with Gasteiger partial charge in [-0.25, -0.2) is 0 Å². The van der Waals surface area contributed by atoms with Gasteiger partial charge in [-0.05, 0) is 25.3 Å². The SMILES string of the molecule is CSc1ccc(CC(C)O)o1. The molecular formula is C8H12O2S. The molecule has 1 N–H and O–H groups in total. The number of thioether (sulfide) groups is 1. The Labute approximate surface area is 70.6 Å².